The van der Waals surface area contributed by atoms with Gasteiger partial charge in [0, 0.05) is 33.1 Å². The molecule has 15 heavy (non-hydrogen) atoms. The van der Waals surface area contributed by atoms with Gasteiger partial charge in [-0.15, -0.1) is 0 Å². The molecule has 0 saturated carbocycles. The first-order valence-corrected chi connectivity index (χ1v) is 5.58. The molecule has 84 valence electrons. The minimum absolute atomic E-state index is 0.0110. The summed E-state index contributed by atoms with van der Waals surface area (Å²) in [6.07, 6.45) is 1.83. The lowest BCUT2D eigenvalue weighted by molar-refractivity contribution is -0.128. The summed E-state index contributed by atoms with van der Waals surface area (Å²) in [6.45, 7) is 6.97. The Bertz CT molecular complexity index is 259. The van der Waals surface area contributed by atoms with Crippen LogP contribution in [0.1, 0.15) is 26.7 Å². The molecule has 1 aliphatic rings. The minimum Gasteiger partial charge on any atom is -0.342 e. The quantitative estimate of drug-likeness (QED) is 0.677. The van der Waals surface area contributed by atoms with E-state index in [0.717, 1.165) is 39.0 Å². The maximum atomic E-state index is 11.2. The molecule has 0 aliphatic carbocycles. The third kappa shape index (κ3) is 3.21. The maximum Gasteiger partial charge on any atom is 0.219 e. The summed E-state index contributed by atoms with van der Waals surface area (Å²) in [5, 5.41) is 8.97. The summed E-state index contributed by atoms with van der Waals surface area (Å²) in [5.74, 6) is 0.141. The lowest BCUT2D eigenvalue weighted by Gasteiger charge is -2.24. The summed E-state index contributed by atoms with van der Waals surface area (Å²) in [4.78, 5) is 15.3. The van der Waals surface area contributed by atoms with Crippen molar-refractivity contribution in [1.82, 2.24) is 9.80 Å². The fourth-order valence-corrected chi connectivity index (χ4v) is 2.00. The smallest absolute Gasteiger partial charge is 0.219 e. The molecule has 0 aromatic heterocycles. The fraction of sp³-hybridized carbons (Fsp3) is 0.818. The van der Waals surface area contributed by atoms with E-state index in [1.807, 2.05) is 11.8 Å². The molecule has 4 heteroatoms. The average molecular weight is 209 g/mol. The molecule has 1 atom stereocenters. The van der Waals surface area contributed by atoms with Gasteiger partial charge in [-0.1, -0.05) is 6.92 Å². The monoisotopic (exact) mass is 209 g/mol. The molecule has 1 saturated heterocycles. The van der Waals surface area contributed by atoms with E-state index in [0.29, 0.717) is 0 Å². The van der Waals surface area contributed by atoms with E-state index in [1.165, 1.54) is 0 Å². The molecule has 4 nitrogen and oxygen atoms in total. The molecule has 0 bridgehead atoms. The normalized spacial score (nSPS) is 20.5. The van der Waals surface area contributed by atoms with Crippen LogP contribution in [0.3, 0.4) is 0 Å². The zero-order chi connectivity index (χ0) is 11.3. The first kappa shape index (κ1) is 12.0. The van der Waals surface area contributed by atoms with Crippen LogP contribution < -0.4 is 0 Å². The molecule has 1 amide bonds. The van der Waals surface area contributed by atoms with Crippen LogP contribution in [0.15, 0.2) is 0 Å². The van der Waals surface area contributed by atoms with Gasteiger partial charge in [0.2, 0.25) is 5.91 Å². The molecule has 0 N–H and O–H groups in total. The lowest BCUT2D eigenvalue weighted by atomic mass is 10.2. The van der Waals surface area contributed by atoms with E-state index in [4.69, 9.17) is 5.26 Å². The molecule has 1 aliphatic heterocycles. The lowest BCUT2D eigenvalue weighted by Crippen LogP contribution is -2.38. The molecule has 1 fully saturated rings. The molecule has 1 rings (SSSR count). The highest BCUT2D eigenvalue weighted by atomic mass is 16.2. The van der Waals surface area contributed by atoms with Crippen LogP contribution in [0.25, 0.3) is 0 Å². The van der Waals surface area contributed by atoms with Crippen molar-refractivity contribution in [2.75, 3.05) is 26.2 Å². The second-order valence-corrected chi connectivity index (χ2v) is 3.95. The van der Waals surface area contributed by atoms with E-state index in [9.17, 15) is 4.79 Å². The Labute approximate surface area is 91.5 Å². The SMILES string of the molecule is CCC(C#N)N1CCCN(C(C)=O)CC1. The largest absolute Gasteiger partial charge is 0.342 e. The van der Waals surface area contributed by atoms with Crippen molar-refractivity contribution in [3.05, 3.63) is 0 Å². The first-order valence-electron chi connectivity index (χ1n) is 5.58. The Kier molecular flexibility index (Phi) is 4.57. The average Bonchev–Trinajstić information content (AvgIpc) is 2.45. The van der Waals surface area contributed by atoms with Gasteiger partial charge in [-0.2, -0.15) is 5.26 Å². The van der Waals surface area contributed by atoms with E-state index in [1.54, 1.807) is 6.92 Å². The second kappa shape index (κ2) is 5.72. The van der Waals surface area contributed by atoms with Crippen LogP contribution in [0.2, 0.25) is 0 Å². The van der Waals surface area contributed by atoms with Gasteiger partial charge in [-0.3, -0.25) is 9.69 Å². The Balaban J connectivity index is 2.52. The summed E-state index contributed by atoms with van der Waals surface area (Å²) in [5.41, 5.74) is 0. The van der Waals surface area contributed by atoms with Crippen LogP contribution in [-0.2, 0) is 4.79 Å². The van der Waals surface area contributed by atoms with Gasteiger partial charge in [-0.05, 0) is 12.8 Å². The standard InChI is InChI=1S/C11H19N3O/c1-3-11(9-12)14-6-4-5-13(7-8-14)10(2)15/h11H,3-8H2,1-2H3. The number of amides is 1. The number of carbonyl (C=O) groups is 1. The van der Waals surface area contributed by atoms with E-state index < -0.39 is 0 Å². The highest BCUT2D eigenvalue weighted by molar-refractivity contribution is 5.73. The van der Waals surface area contributed by atoms with Gasteiger partial charge >= 0.3 is 0 Å². The van der Waals surface area contributed by atoms with Gasteiger partial charge in [0.05, 0.1) is 12.1 Å². The summed E-state index contributed by atoms with van der Waals surface area (Å²) >= 11 is 0. The van der Waals surface area contributed by atoms with Crippen molar-refractivity contribution in [3.63, 3.8) is 0 Å². The Morgan fingerprint density at radius 1 is 1.40 bits per heavy atom. The zero-order valence-electron chi connectivity index (χ0n) is 9.57. The number of hydrogen-bond acceptors (Lipinski definition) is 3. The molecule has 1 unspecified atom stereocenters. The third-order valence-corrected chi connectivity index (χ3v) is 2.95. The summed E-state index contributed by atoms with van der Waals surface area (Å²) in [7, 11) is 0. The second-order valence-electron chi connectivity index (χ2n) is 3.95. The molecule has 1 heterocycles. The molecular weight excluding hydrogens is 190 g/mol. The van der Waals surface area contributed by atoms with Crippen molar-refractivity contribution < 1.29 is 4.79 Å². The number of hydrogen-bond donors (Lipinski definition) is 0. The molecular formula is C11H19N3O. The van der Waals surface area contributed by atoms with Gasteiger partial charge in [-0.25, -0.2) is 0 Å². The van der Waals surface area contributed by atoms with Crippen LogP contribution in [0.4, 0.5) is 0 Å². The highest BCUT2D eigenvalue weighted by Crippen LogP contribution is 2.09. The van der Waals surface area contributed by atoms with E-state index in [-0.39, 0.29) is 11.9 Å². The van der Waals surface area contributed by atoms with Crippen LogP contribution in [0.5, 0.6) is 0 Å². The summed E-state index contributed by atoms with van der Waals surface area (Å²) in [6, 6.07) is 2.33. The predicted octanol–water partition coefficient (Wildman–Crippen LogP) is 0.843. The molecule has 0 spiro atoms. The van der Waals surface area contributed by atoms with E-state index in [2.05, 4.69) is 11.0 Å². The van der Waals surface area contributed by atoms with Gasteiger partial charge in [0.1, 0.15) is 0 Å². The van der Waals surface area contributed by atoms with Crippen molar-refractivity contribution in [2.24, 2.45) is 0 Å². The van der Waals surface area contributed by atoms with Gasteiger partial charge in [0.25, 0.3) is 0 Å². The van der Waals surface area contributed by atoms with Crippen molar-refractivity contribution in [1.29, 1.82) is 5.26 Å². The Morgan fingerprint density at radius 2 is 2.13 bits per heavy atom. The fourth-order valence-electron chi connectivity index (χ4n) is 2.00. The van der Waals surface area contributed by atoms with Crippen LogP contribution >= 0.6 is 0 Å². The van der Waals surface area contributed by atoms with Gasteiger partial charge in [0.15, 0.2) is 0 Å². The van der Waals surface area contributed by atoms with Crippen molar-refractivity contribution in [3.8, 4) is 6.07 Å². The zero-order valence-corrected chi connectivity index (χ0v) is 9.57. The minimum atomic E-state index is 0.0110. The number of nitrogens with zero attached hydrogens (tertiary/aromatic N) is 3. The topological polar surface area (TPSA) is 47.3 Å². The number of rotatable bonds is 2. The van der Waals surface area contributed by atoms with Crippen LogP contribution in [-0.4, -0.2) is 47.9 Å². The maximum absolute atomic E-state index is 11.2. The first-order chi connectivity index (χ1) is 7.19. The molecule has 0 radical (unpaired) electrons. The highest BCUT2D eigenvalue weighted by Gasteiger charge is 2.21. The summed E-state index contributed by atoms with van der Waals surface area (Å²) < 4.78 is 0. The van der Waals surface area contributed by atoms with Crippen molar-refractivity contribution >= 4 is 5.91 Å². The Morgan fingerprint density at radius 3 is 2.67 bits per heavy atom. The van der Waals surface area contributed by atoms with Crippen LogP contribution in [0, 0.1) is 11.3 Å². The third-order valence-electron chi connectivity index (χ3n) is 2.95. The number of carbonyl (C=O) groups excluding carboxylic acids is 1. The van der Waals surface area contributed by atoms with E-state index >= 15 is 0 Å². The predicted molar refractivity (Wildman–Crippen MR) is 58.1 cm³/mol. The van der Waals surface area contributed by atoms with Crippen molar-refractivity contribution in [2.45, 2.75) is 32.7 Å². The molecule has 0 aromatic carbocycles. The number of nitriles is 1. The molecule has 0 aromatic rings. The van der Waals surface area contributed by atoms with Gasteiger partial charge < -0.3 is 4.90 Å². The Hall–Kier alpha value is -1.08.